The average Bonchev–Trinajstić information content (AvgIpc) is 3.11. The number of aryl methyl sites for hydroxylation is 1. The summed E-state index contributed by atoms with van der Waals surface area (Å²) in [5.74, 6) is 0.123. The van der Waals surface area contributed by atoms with Crippen LogP contribution in [0.15, 0.2) is 41.8 Å². The number of hydrogen-bond donors (Lipinski definition) is 0. The van der Waals surface area contributed by atoms with Crippen molar-refractivity contribution in [2.75, 3.05) is 13.1 Å². The minimum Gasteiger partial charge on any atom is -0.293 e. The molecular formula is C18H21NO3S2. The van der Waals surface area contributed by atoms with E-state index in [2.05, 4.69) is 0 Å². The molecule has 0 bridgehead atoms. The molecule has 3 rings (SSSR count). The summed E-state index contributed by atoms with van der Waals surface area (Å²) in [5.41, 5.74) is 1.83. The zero-order valence-electron chi connectivity index (χ0n) is 13.6. The maximum Gasteiger partial charge on any atom is 0.218 e. The number of carbonyl (C=O) groups excluding carboxylic acids is 1. The van der Waals surface area contributed by atoms with Crippen molar-refractivity contribution in [2.45, 2.75) is 25.5 Å². The molecule has 2 heterocycles. The summed E-state index contributed by atoms with van der Waals surface area (Å²) in [5, 5.41) is 1.90. The van der Waals surface area contributed by atoms with Crippen LogP contribution in [0.4, 0.5) is 0 Å². The molecule has 1 fully saturated rings. The molecular weight excluding hydrogens is 342 g/mol. The van der Waals surface area contributed by atoms with Gasteiger partial charge in [-0.1, -0.05) is 30.3 Å². The summed E-state index contributed by atoms with van der Waals surface area (Å²) in [6, 6.07) is 11.3. The highest BCUT2D eigenvalue weighted by Crippen LogP contribution is 2.26. The van der Waals surface area contributed by atoms with Crippen molar-refractivity contribution >= 4 is 27.1 Å². The monoisotopic (exact) mass is 363 g/mol. The third kappa shape index (κ3) is 3.77. The lowest BCUT2D eigenvalue weighted by Crippen LogP contribution is -2.40. The number of rotatable bonds is 5. The van der Waals surface area contributed by atoms with Gasteiger partial charge < -0.3 is 0 Å². The average molecular weight is 364 g/mol. The molecule has 24 heavy (non-hydrogen) atoms. The van der Waals surface area contributed by atoms with Crippen molar-refractivity contribution in [3.05, 3.63) is 57.8 Å². The molecule has 128 valence electrons. The van der Waals surface area contributed by atoms with Crippen molar-refractivity contribution < 1.29 is 13.2 Å². The van der Waals surface area contributed by atoms with E-state index in [0.29, 0.717) is 25.9 Å². The predicted octanol–water partition coefficient (Wildman–Crippen LogP) is 3.48. The molecule has 1 aromatic carbocycles. The number of Topliss-reactive ketones (excluding diaryl/α,β-unsaturated/α-hetero) is 1. The second-order valence-corrected chi connectivity index (χ2v) is 9.11. The van der Waals surface area contributed by atoms with E-state index < -0.39 is 10.0 Å². The van der Waals surface area contributed by atoms with Gasteiger partial charge in [-0.2, -0.15) is 0 Å². The third-order valence-electron chi connectivity index (χ3n) is 4.58. The minimum atomic E-state index is -3.34. The molecule has 1 aliphatic rings. The number of ketones is 1. The first-order valence-corrected chi connectivity index (χ1v) is 10.6. The molecule has 0 unspecified atom stereocenters. The number of hydrogen-bond acceptors (Lipinski definition) is 4. The molecule has 0 atom stereocenters. The maximum absolute atomic E-state index is 12.7. The SMILES string of the molecule is Cc1ccccc1CS(=O)(=O)N1CCC(C(=O)c2cccs2)CC1. The van der Waals surface area contributed by atoms with Crippen LogP contribution < -0.4 is 0 Å². The van der Waals surface area contributed by atoms with Crippen LogP contribution in [0.1, 0.15) is 33.6 Å². The Bertz CT molecular complexity index is 805. The van der Waals surface area contributed by atoms with Gasteiger partial charge in [0.15, 0.2) is 5.78 Å². The van der Waals surface area contributed by atoms with Crippen LogP contribution in [0.25, 0.3) is 0 Å². The van der Waals surface area contributed by atoms with Gasteiger partial charge in [-0.15, -0.1) is 11.3 Å². The number of benzene rings is 1. The van der Waals surface area contributed by atoms with Crippen molar-refractivity contribution in [2.24, 2.45) is 5.92 Å². The Labute approximate surface area is 147 Å². The first-order chi connectivity index (χ1) is 11.5. The van der Waals surface area contributed by atoms with E-state index in [0.717, 1.165) is 16.0 Å². The number of carbonyl (C=O) groups is 1. The van der Waals surface area contributed by atoms with Gasteiger partial charge in [-0.25, -0.2) is 12.7 Å². The Kier molecular flexibility index (Phi) is 5.18. The molecule has 0 amide bonds. The summed E-state index contributed by atoms with van der Waals surface area (Å²) >= 11 is 1.45. The summed E-state index contributed by atoms with van der Waals surface area (Å²) in [4.78, 5) is 13.2. The predicted molar refractivity (Wildman–Crippen MR) is 96.7 cm³/mol. The maximum atomic E-state index is 12.7. The van der Waals surface area contributed by atoms with Gasteiger partial charge in [0.05, 0.1) is 10.6 Å². The second-order valence-electron chi connectivity index (χ2n) is 6.20. The number of nitrogens with zero attached hydrogens (tertiary/aromatic N) is 1. The molecule has 4 nitrogen and oxygen atoms in total. The fraction of sp³-hybridized carbons (Fsp3) is 0.389. The molecule has 0 radical (unpaired) electrons. The quantitative estimate of drug-likeness (QED) is 0.764. The Morgan fingerprint density at radius 3 is 2.50 bits per heavy atom. The summed E-state index contributed by atoms with van der Waals surface area (Å²) in [6.45, 7) is 2.78. The van der Waals surface area contributed by atoms with Gasteiger partial charge in [0.2, 0.25) is 10.0 Å². The summed E-state index contributed by atoms with van der Waals surface area (Å²) < 4.78 is 26.9. The Morgan fingerprint density at radius 2 is 1.88 bits per heavy atom. The van der Waals surface area contributed by atoms with Gasteiger partial charge in [0.25, 0.3) is 0 Å². The second kappa shape index (κ2) is 7.17. The van der Waals surface area contributed by atoms with Crippen LogP contribution in [-0.2, 0) is 15.8 Å². The zero-order valence-corrected chi connectivity index (χ0v) is 15.3. The van der Waals surface area contributed by atoms with Crippen LogP contribution >= 0.6 is 11.3 Å². The standard InChI is InChI=1S/C18H21NO3S2/c1-14-5-2-3-6-16(14)13-24(21,22)19-10-8-15(9-11-19)18(20)17-7-4-12-23-17/h2-7,12,15H,8-11,13H2,1H3. The van der Waals surface area contributed by atoms with Crippen molar-refractivity contribution in [1.82, 2.24) is 4.31 Å². The smallest absolute Gasteiger partial charge is 0.218 e. The normalized spacial score (nSPS) is 17.0. The van der Waals surface area contributed by atoms with Crippen LogP contribution in [-0.4, -0.2) is 31.6 Å². The van der Waals surface area contributed by atoms with Crippen LogP contribution in [0, 0.1) is 12.8 Å². The highest BCUT2D eigenvalue weighted by molar-refractivity contribution is 7.88. The molecule has 2 aromatic rings. The minimum absolute atomic E-state index is 0.0310. The lowest BCUT2D eigenvalue weighted by molar-refractivity contribution is 0.0879. The molecule has 0 aliphatic carbocycles. The first-order valence-electron chi connectivity index (χ1n) is 8.07. The van der Waals surface area contributed by atoms with Crippen LogP contribution in [0.5, 0.6) is 0 Å². The van der Waals surface area contributed by atoms with E-state index in [1.54, 1.807) is 0 Å². The fourth-order valence-corrected chi connectivity index (χ4v) is 5.49. The van der Waals surface area contributed by atoms with E-state index in [-0.39, 0.29) is 17.5 Å². The highest BCUT2D eigenvalue weighted by atomic mass is 32.2. The largest absolute Gasteiger partial charge is 0.293 e. The van der Waals surface area contributed by atoms with Crippen molar-refractivity contribution in [3.63, 3.8) is 0 Å². The molecule has 1 aromatic heterocycles. The summed E-state index contributed by atoms with van der Waals surface area (Å²) in [6.07, 6.45) is 1.20. The lowest BCUT2D eigenvalue weighted by atomic mass is 9.93. The van der Waals surface area contributed by atoms with Gasteiger partial charge in [-0.05, 0) is 42.3 Å². The van der Waals surface area contributed by atoms with Crippen LogP contribution in [0.2, 0.25) is 0 Å². The van der Waals surface area contributed by atoms with Crippen molar-refractivity contribution in [1.29, 1.82) is 0 Å². The molecule has 1 saturated heterocycles. The van der Waals surface area contributed by atoms with E-state index in [4.69, 9.17) is 0 Å². The molecule has 0 saturated carbocycles. The topological polar surface area (TPSA) is 54.5 Å². The Hall–Kier alpha value is -1.50. The third-order valence-corrected chi connectivity index (χ3v) is 7.29. The molecule has 0 N–H and O–H groups in total. The number of piperidine rings is 1. The van der Waals surface area contributed by atoms with E-state index in [9.17, 15) is 13.2 Å². The fourth-order valence-electron chi connectivity index (χ4n) is 3.08. The number of thiophene rings is 1. The molecule has 6 heteroatoms. The highest BCUT2D eigenvalue weighted by Gasteiger charge is 2.31. The van der Waals surface area contributed by atoms with Crippen molar-refractivity contribution in [3.8, 4) is 0 Å². The van der Waals surface area contributed by atoms with E-state index in [1.807, 2.05) is 48.7 Å². The number of sulfonamides is 1. The van der Waals surface area contributed by atoms with Gasteiger partial charge in [-0.3, -0.25) is 4.79 Å². The van der Waals surface area contributed by atoms with Gasteiger partial charge >= 0.3 is 0 Å². The molecule has 1 aliphatic heterocycles. The Balaban J connectivity index is 1.63. The van der Waals surface area contributed by atoms with Gasteiger partial charge in [0, 0.05) is 19.0 Å². The van der Waals surface area contributed by atoms with E-state index >= 15 is 0 Å². The van der Waals surface area contributed by atoms with E-state index in [1.165, 1.54) is 15.6 Å². The Morgan fingerprint density at radius 1 is 1.17 bits per heavy atom. The summed E-state index contributed by atoms with van der Waals surface area (Å²) in [7, 11) is -3.34. The first kappa shape index (κ1) is 17.3. The lowest BCUT2D eigenvalue weighted by Gasteiger charge is -2.30. The van der Waals surface area contributed by atoms with Crippen LogP contribution in [0.3, 0.4) is 0 Å². The van der Waals surface area contributed by atoms with Gasteiger partial charge in [0.1, 0.15) is 0 Å². The molecule has 0 spiro atoms. The zero-order chi connectivity index (χ0) is 17.2.